The summed E-state index contributed by atoms with van der Waals surface area (Å²) in [7, 11) is 0. The predicted molar refractivity (Wildman–Crippen MR) is 609 cm³/mol. The fraction of sp³-hybridized carbons (Fsp3) is 0.603. The molecule has 6 aliphatic carbocycles. The Hall–Kier alpha value is -7.02. The molecule has 0 heterocycles. The van der Waals surface area contributed by atoms with E-state index in [2.05, 4.69) is 352 Å². The van der Waals surface area contributed by atoms with E-state index in [0.29, 0.717) is 16.9 Å². The molecule has 0 saturated heterocycles. The van der Waals surface area contributed by atoms with Gasteiger partial charge in [-0.15, -0.1) is 0 Å². The fourth-order valence-corrected chi connectivity index (χ4v) is 22.3. The molecule has 0 N–H and O–H groups in total. The molecule has 136 heavy (non-hydrogen) atoms. The SMILES string of the molecule is CC.CC(C)(C)Cc1ccccc1C(C)(C)C.CC(C)(C)c1c(C2CCCCC2)cccc1C1CCCCC1.CC(C)(C)c1ccccc1C1CCCCC1.CC(C)Cc1ccccc1C(C)(C)C.CC(C)c1ccccc1C(C)(C)C.[2H]C1(c2cccc(C3([2H])CCCCC3)c2C(C)(C)C)CCCCC1.[2H]C1(c2ccccc2C(C)(C)C)CCCCC1.[2H]c1c([2H])c([2H])c(-c2ccccc2C(C)(C)C)c([2H])c1[2H]. The first-order valence-electron chi connectivity index (χ1n) is 59.0. The lowest BCUT2D eigenvalue weighted by Crippen LogP contribution is -2.22. The Balaban J connectivity index is 0.000000224. The molecule has 0 bridgehead atoms. The predicted octanol–water partition coefficient (Wildman–Crippen LogP) is 42.8. The van der Waals surface area contributed by atoms with Crippen LogP contribution >= 0.6 is 0 Å². The summed E-state index contributed by atoms with van der Waals surface area (Å²) in [6.07, 6.45) is 40.6. The van der Waals surface area contributed by atoms with Gasteiger partial charge < -0.3 is 0 Å². The van der Waals surface area contributed by atoms with E-state index < -0.39 is 11.8 Å². The lowest BCUT2D eigenvalue weighted by molar-refractivity contribution is 0.406. The molecule has 750 valence electrons. The minimum atomic E-state index is -0.443. The van der Waals surface area contributed by atoms with Crippen LogP contribution in [0.4, 0.5) is 0 Å². The lowest BCUT2D eigenvalue weighted by atomic mass is 9.70. The van der Waals surface area contributed by atoms with Gasteiger partial charge in [0.2, 0.25) is 0 Å². The zero-order valence-electron chi connectivity index (χ0n) is 102. The highest BCUT2D eigenvalue weighted by atomic mass is 14.4. The van der Waals surface area contributed by atoms with Crippen LogP contribution < -0.4 is 0 Å². The zero-order chi connectivity index (χ0) is 108. The van der Waals surface area contributed by atoms with E-state index in [1.165, 1.54) is 222 Å². The second-order valence-corrected chi connectivity index (χ2v) is 51.1. The number of hydrogen-bond acceptors (Lipinski definition) is 0. The minimum absolute atomic E-state index is 0.0110. The van der Waals surface area contributed by atoms with E-state index in [4.69, 9.17) is 8.22 Å². The molecule has 0 unspecified atom stereocenters. The Morgan fingerprint density at radius 3 is 0.882 bits per heavy atom. The third-order valence-corrected chi connectivity index (χ3v) is 28.7. The maximum absolute atomic E-state index is 9.20. The summed E-state index contributed by atoms with van der Waals surface area (Å²) in [4.78, 5) is 0. The molecule has 6 aliphatic rings. The molecular weight excluding hydrogens is 1630 g/mol. The van der Waals surface area contributed by atoms with Crippen molar-refractivity contribution in [1.29, 1.82) is 0 Å². The summed E-state index contributed by atoms with van der Waals surface area (Å²) >= 11 is 0. The molecule has 9 aromatic carbocycles. The molecule has 0 spiro atoms. The Labute approximate surface area is 853 Å². The molecule has 0 nitrogen and oxygen atoms in total. The van der Waals surface area contributed by atoms with Crippen LogP contribution in [-0.4, -0.2) is 0 Å². The van der Waals surface area contributed by atoms with Crippen LogP contribution in [0.3, 0.4) is 0 Å². The van der Waals surface area contributed by atoms with Gasteiger partial charge in [0.25, 0.3) is 0 Å². The summed E-state index contributed by atoms with van der Waals surface area (Å²) in [5, 5.41) is 0. The van der Waals surface area contributed by atoms with Crippen molar-refractivity contribution in [1.82, 2.24) is 0 Å². The van der Waals surface area contributed by atoms with Crippen molar-refractivity contribution in [2.45, 2.75) is 519 Å². The molecular formula is C136H206. The van der Waals surface area contributed by atoms with Gasteiger partial charge in [-0.3, -0.25) is 0 Å². The van der Waals surface area contributed by atoms with Crippen molar-refractivity contribution in [2.75, 3.05) is 0 Å². The topological polar surface area (TPSA) is 0 Å². The normalized spacial score (nSPS) is 18.3. The molecule has 0 radical (unpaired) electrons. The summed E-state index contributed by atoms with van der Waals surface area (Å²) in [5.74, 6) is 2.61. The van der Waals surface area contributed by atoms with Crippen molar-refractivity contribution in [3.05, 3.63) is 307 Å². The highest BCUT2D eigenvalue weighted by molar-refractivity contribution is 5.68. The first-order valence-corrected chi connectivity index (χ1v) is 55.0. The zero-order valence-corrected chi connectivity index (χ0v) is 93.8. The van der Waals surface area contributed by atoms with Crippen molar-refractivity contribution < 1.29 is 11.0 Å². The van der Waals surface area contributed by atoms with Crippen molar-refractivity contribution in [3.63, 3.8) is 0 Å². The van der Waals surface area contributed by atoms with Gasteiger partial charge in [-0.2, -0.15) is 0 Å². The van der Waals surface area contributed by atoms with Crippen LogP contribution in [0.5, 0.6) is 0 Å². The Morgan fingerprint density at radius 2 is 0.529 bits per heavy atom. The minimum Gasteiger partial charge on any atom is -0.0683 e. The van der Waals surface area contributed by atoms with Gasteiger partial charge in [0.15, 0.2) is 0 Å². The second kappa shape index (κ2) is 54.3. The molecule has 0 aliphatic heterocycles. The summed E-state index contributed by atoms with van der Waals surface area (Å²) in [5.41, 5.74) is 27.2. The van der Waals surface area contributed by atoms with Gasteiger partial charge in [0.1, 0.15) is 0 Å². The largest absolute Gasteiger partial charge is 0.0683 e. The maximum Gasteiger partial charge on any atom is 0.0629 e. The van der Waals surface area contributed by atoms with Crippen LogP contribution in [0.15, 0.2) is 212 Å². The molecule has 0 amide bonds. The molecule has 0 heteroatoms. The lowest BCUT2D eigenvalue weighted by Gasteiger charge is -2.35. The summed E-state index contributed by atoms with van der Waals surface area (Å²) < 4.78 is 66.7. The first kappa shape index (κ1) is 103. The van der Waals surface area contributed by atoms with Gasteiger partial charge in [-0.25, -0.2) is 0 Å². The molecule has 0 atom stereocenters. The van der Waals surface area contributed by atoms with Gasteiger partial charge in [-0.05, 0) is 292 Å². The Morgan fingerprint density at radius 1 is 0.257 bits per heavy atom. The van der Waals surface area contributed by atoms with Crippen molar-refractivity contribution in [3.8, 4) is 11.1 Å². The second-order valence-electron chi connectivity index (χ2n) is 51.1. The van der Waals surface area contributed by atoms with E-state index >= 15 is 0 Å². The Bertz CT molecular complexity index is 5230. The van der Waals surface area contributed by atoms with E-state index in [-0.39, 0.29) is 85.0 Å². The maximum atomic E-state index is 9.20. The number of rotatable bonds is 11. The first-order chi connectivity index (χ1) is 67.1. The summed E-state index contributed by atoms with van der Waals surface area (Å²) in [6, 6.07) is 64.1. The fourth-order valence-electron chi connectivity index (χ4n) is 22.3. The smallest absolute Gasteiger partial charge is 0.0629 e. The molecule has 9 aromatic rings. The van der Waals surface area contributed by atoms with Gasteiger partial charge in [0, 0.05) is 4.11 Å². The van der Waals surface area contributed by atoms with E-state index in [1.807, 2.05) is 58.9 Å². The van der Waals surface area contributed by atoms with Crippen LogP contribution in [0.1, 0.15) is 568 Å². The van der Waals surface area contributed by atoms with E-state index in [1.54, 1.807) is 27.8 Å². The third-order valence-electron chi connectivity index (χ3n) is 28.7. The Kier molecular flexibility index (Phi) is 41.2. The van der Waals surface area contributed by atoms with Gasteiger partial charge in [-0.1, -0.05) is 556 Å². The molecule has 6 fully saturated rings. The van der Waals surface area contributed by atoms with E-state index in [9.17, 15) is 2.74 Å². The van der Waals surface area contributed by atoms with Gasteiger partial charge >= 0.3 is 0 Å². The highest BCUT2D eigenvalue weighted by Gasteiger charge is 2.34. The van der Waals surface area contributed by atoms with E-state index in [0.717, 1.165) is 74.2 Å². The van der Waals surface area contributed by atoms with Crippen molar-refractivity contribution in [2.24, 2.45) is 11.3 Å². The standard InChI is InChI=1S/2C22H34.2C16H24.C16H18.C15H24.C14H22.C13H20.C2H6/c2*1-22(2,3)21-19(17-11-6-4-7-12-17)15-10-16-20(21)18-13-8-5-9-14-18;3*1-16(2,3)15-12-8-7-11-14(15)13-9-5-4-6-10-13;1-14(2,3)11-12-9-7-8-10-13(12)15(4,5)6;1-11(2)10-12-8-6-7-9-13(12)14(3,4)5;1-10(2)11-8-6-7-9-12(11)13(3,4)5;1-2/h2*10,15-18H,4-9,11-14H2,1-3H3;2*7-8,11-13H,4-6,9-10H2,1-3H3;4-12H,1-3H3;7-10H,11H2,1-6H3;6-9,11H,10H2,1-5H3;6-10H,1-5H3;1-2H3/i17D,18D;;13D;;4D,5D,6D,9D,10D;;;;. The monoisotopic (exact) mass is 1850 g/mol. The van der Waals surface area contributed by atoms with Crippen molar-refractivity contribution >= 4 is 0 Å². The van der Waals surface area contributed by atoms with Crippen LogP contribution in [0.25, 0.3) is 11.1 Å². The third kappa shape index (κ3) is 37.4. The van der Waals surface area contributed by atoms with Crippen LogP contribution in [0, 0.1) is 11.3 Å². The van der Waals surface area contributed by atoms with Crippen LogP contribution in [-0.2, 0) is 56.2 Å². The molecule has 15 rings (SSSR count). The molecule has 6 saturated carbocycles. The highest BCUT2D eigenvalue weighted by Crippen LogP contribution is 2.49. The van der Waals surface area contributed by atoms with Gasteiger partial charge in [0.05, 0.1) is 6.85 Å². The number of hydrogen-bond donors (Lipinski definition) is 0. The average Bonchev–Trinajstić information content (AvgIpc) is 0.723. The quantitative estimate of drug-likeness (QED) is 0.121. The molecule has 0 aromatic heterocycles. The van der Waals surface area contributed by atoms with Crippen LogP contribution in [0.2, 0.25) is 0 Å². The number of benzene rings is 9. The summed E-state index contributed by atoms with van der Waals surface area (Å²) in [6.45, 7) is 74.4. The average molecular weight is 1850 g/mol.